The third-order valence-corrected chi connectivity index (χ3v) is 6.52. The Morgan fingerprint density at radius 1 is 1.16 bits per heavy atom. The van der Waals surface area contributed by atoms with Gasteiger partial charge in [-0.1, -0.05) is 12.1 Å². The van der Waals surface area contributed by atoms with Gasteiger partial charge >= 0.3 is 12.2 Å². The maximum Gasteiger partial charge on any atom is 0.416 e. The van der Waals surface area contributed by atoms with Crippen molar-refractivity contribution in [3.05, 3.63) is 47.2 Å². The third kappa shape index (κ3) is 4.21. The van der Waals surface area contributed by atoms with Gasteiger partial charge in [-0.05, 0) is 42.9 Å². The Hall–Kier alpha value is -2.39. The van der Waals surface area contributed by atoms with Crippen LogP contribution in [0.15, 0.2) is 30.5 Å². The van der Waals surface area contributed by atoms with Crippen molar-refractivity contribution in [2.24, 2.45) is 11.8 Å². The highest BCUT2D eigenvalue weighted by Gasteiger charge is 2.51. The number of rotatable bonds is 5. The lowest BCUT2D eigenvalue weighted by Gasteiger charge is -2.41. The first kappa shape index (κ1) is 21.8. The van der Waals surface area contributed by atoms with Gasteiger partial charge in [-0.3, -0.25) is 4.90 Å². The average Bonchev–Trinajstić information content (AvgIpc) is 3.17. The Kier molecular flexibility index (Phi) is 5.83. The second-order valence-corrected chi connectivity index (χ2v) is 8.35. The van der Waals surface area contributed by atoms with E-state index in [9.17, 15) is 18.3 Å². The van der Waals surface area contributed by atoms with Crippen LogP contribution in [0.25, 0.3) is 0 Å². The van der Waals surface area contributed by atoms with Gasteiger partial charge in [0, 0.05) is 31.7 Å². The number of aliphatic hydroxyl groups is 1. The smallest absolute Gasteiger partial charge is 0.416 e. The minimum absolute atomic E-state index is 0.0402. The molecule has 0 radical (unpaired) electrons. The molecule has 1 saturated carbocycles. The number of alkyl halides is 3. The molecule has 2 fully saturated rings. The van der Waals surface area contributed by atoms with Crippen LogP contribution < -0.4 is 9.47 Å². The van der Waals surface area contributed by atoms with E-state index in [-0.39, 0.29) is 17.8 Å². The summed E-state index contributed by atoms with van der Waals surface area (Å²) in [5.74, 6) is 0.540. The number of ether oxygens (including phenoxy) is 2. The van der Waals surface area contributed by atoms with Gasteiger partial charge in [0.1, 0.15) is 5.60 Å². The number of halogens is 3. The summed E-state index contributed by atoms with van der Waals surface area (Å²) in [5.41, 5.74) is -0.398. The monoisotopic (exact) mass is 437 g/mol. The molecule has 0 spiro atoms. The molecule has 4 rings (SSSR count). The highest BCUT2D eigenvalue weighted by molar-refractivity contribution is 5.33. The molecule has 2 heterocycles. The normalized spacial score (nSPS) is 26.5. The summed E-state index contributed by atoms with van der Waals surface area (Å²) < 4.78 is 48.9. The quantitative estimate of drug-likeness (QED) is 0.771. The molecular weight excluding hydrogens is 411 g/mol. The summed E-state index contributed by atoms with van der Waals surface area (Å²) >= 11 is 0. The van der Waals surface area contributed by atoms with Crippen LogP contribution in [0.3, 0.4) is 0 Å². The third-order valence-electron chi connectivity index (χ3n) is 6.52. The molecule has 1 aliphatic carbocycles. The molecule has 168 valence electrons. The van der Waals surface area contributed by atoms with E-state index < -0.39 is 17.3 Å². The molecule has 2 aliphatic rings. The van der Waals surface area contributed by atoms with Gasteiger partial charge in [-0.25, -0.2) is 4.98 Å². The molecule has 0 bridgehead atoms. The Morgan fingerprint density at radius 3 is 2.55 bits per heavy atom. The fourth-order valence-corrected chi connectivity index (χ4v) is 5.04. The second kappa shape index (κ2) is 8.27. The highest BCUT2D eigenvalue weighted by Crippen LogP contribution is 2.50. The van der Waals surface area contributed by atoms with Gasteiger partial charge in [0.2, 0.25) is 5.88 Å². The summed E-state index contributed by atoms with van der Waals surface area (Å²) in [7, 11) is 2.97. The molecule has 0 unspecified atom stereocenters. The summed E-state index contributed by atoms with van der Waals surface area (Å²) in [6.07, 6.45) is -0.326. The molecule has 1 aromatic carbocycles. The largest absolute Gasteiger partial charge is 0.481 e. The van der Waals surface area contributed by atoms with Crippen molar-refractivity contribution in [2.45, 2.75) is 37.6 Å². The summed E-state index contributed by atoms with van der Waals surface area (Å²) in [6.45, 7) is 1.96. The molecule has 6 nitrogen and oxygen atoms in total. The van der Waals surface area contributed by atoms with Gasteiger partial charge < -0.3 is 14.6 Å². The van der Waals surface area contributed by atoms with Crippen molar-refractivity contribution in [3.8, 4) is 11.9 Å². The Morgan fingerprint density at radius 2 is 1.90 bits per heavy atom. The molecule has 3 atom stereocenters. The first-order valence-corrected chi connectivity index (χ1v) is 10.3. The molecule has 9 heteroatoms. The van der Waals surface area contributed by atoms with Crippen LogP contribution in [-0.2, 0) is 18.3 Å². The van der Waals surface area contributed by atoms with Crippen molar-refractivity contribution >= 4 is 0 Å². The minimum atomic E-state index is -4.34. The predicted octanol–water partition coefficient (Wildman–Crippen LogP) is 3.63. The number of hydrogen-bond acceptors (Lipinski definition) is 6. The SMILES string of the molecule is COc1ncc([C@]2(O)CCC[C@@H]3CN(Cc4ccc(C(F)(F)F)cc4)C[C@@H]32)c(OC)n1. The predicted molar refractivity (Wildman–Crippen MR) is 107 cm³/mol. The Bertz CT molecular complexity index is 922. The van der Waals surface area contributed by atoms with E-state index in [0.29, 0.717) is 31.0 Å². The lowest BCUT2D eigenvalue weighted by molar-refractivity contribution is -0.137. The van der Waals surface area contributed by atoms with E-state index in [0.717, 1.165) is 37.1 Å². The van der Waals surface area contributed by atoms with Crippen LogP contribution in [0.4, 0.5) is 13.2 Å². The number of hydrogen-bond donors (Lipinski definition) is 1. The molecule has 1 aromatic heterocycles. The van der Waals surface area contributed by atoms with E-state index in [4.69, 9.17) is 9.47 Å². The zero-order valence-electron chi connectivity index (χ0n) is 17.5. The van der Waals surface area contributed by atoms with Crippen molar-refractivity contribution < 1.29 is 27.8 Å². The lowest BCUT2D eigenvalue weighted by Crippen LogP contribution is -2.43. The van der Waals surface area contributed by atoms with Crippen LogP contribution in [0, 0.1) is 11.8 Å². The minimum Gasteiger partial charge on any atom is -0.481 e. The molecule has 2 aromatic rings. The van der Waals surface area contributed by atoms with E-state index in [1.165, 1.54) is 26.4 Å². The lowest BCUT2D eigenvalue weighted by atomic mass is 9.68. The zero-order chi connectivity index (χ0) is 22.2. The van der Waals surface area contributed by atoms with Crippen molar-refractivity contribution in [1.29, 1.82) is 0 Å². The first-order chi connectivity index (χ1) is 14.7. The van der Waals surface area contributed by atoms with Crippen molar-refractivity contribution in [1.82, 2.24) is 14.9 Å². The Labute approximate surface area is 179 Å². The number of fused-ring (bicyclic) bond motifs is 1. The van der Waals surface area contributed by atoms with Crippen molar-refractivity contribution in [3.63, 3.8) is 0 Å². The van der Waals surface area contributed by atoms with Crippen LogP contribution in [0.5, 0.6) is 11.9 Å². The maximum atomic E-state index is 12.8. The molecule has 1 N–H and O–H groups in total. The molecule has 31 heavy (non-hydrogen) atoms. The summed E-state index contributed by atoms with van der Waals surface area (Å²) in [4.78, 5) is 10.6. The van der Waals surface area contributed by atoms with Crippen molar-refractivity contribution in [2.75, 3.05) is 27.3 Å². The molecule has 0 amide bonds. The van der Waals surface area contributed by atoms with Gasteiger partial charge in [-0.2, -0.15) is 18.2 Å². The number of aromatic nitrogens is 2. The number of nitrogens with zero attached hydrogens (tertiary/aromatic N) is 3. The van der Waals surface area contributed by atoms with Gasteiger partial charge in [0.25, 0.3) is 0 Å². The highest BCUT2D eigenvalue weighted by atomic mass is 19.4. The number of methoxy groups -OCH3 is 2. The number of benzene rings is 1. The van der Waals surface area contributed by atoms with Crippen LogP contribution >= 0.6 is 0 Å². The second-order valence-electron chi connectivity index (χ2n) is 8.35. The van der Waals surface area contributed by atoms with Gasteiger partial charge in [-0.15, -0.1) is 0 Å². The van der Waals surface area contributed by atoms with Crippen LogP contribution in [0.2, 0.25) is 0 Å². The first-order valence-electron chi connectivity index (χ1n) is 10.3. The summed E-state index contributed by atoms with van der Waals surface area (Å²) in [5, 5.41) is 11.7. The molecular formula is C22H26F3N3O3. The fourth-order valence-electron chi connectivity index (χ4n) is 5.04. The van der Waals surface area contributed by atoms with Crippen LogP contribution in [-0.4, -0.2) is 47.3 Å². The molecule has 1 saturated heterocycles. The maximum absolute atomic E-state index is 12.8. The Balaban J connectivity index is 1.54. The van der Waals surface area contributed by atoms with Crippen LogP contribution in [0.1, 0.15) is 36.0 Å². The van der Waals surface area contributed by atoms with E-state index in [1.54, 1.807) is 6.20 Å². The number of likely N-dealkylation sites (tertiary alicyclic amines) is 1. The van der Waals surface area contributed by atoms with E-state index in [2.05, 4.69) is 14.9 Å². The average molecular weight is 437 g/mol. The van der Waals surface area contributed by atoms with Gasteiger partial charge in [0.05, 0.1) is 25.3 Å². The zero-order valence-corrected chi connectivity index (χ0v) is 17.5. The van der Waals surface area contributed by atoms with Gasteiger partial charge in [0.15, 0.2) is 0 Å². The summed E-state index contributed by atoms with van der Waals surface area (Å²) in [6, 6.07) is 5.46. The topological polar surface area (TPSA) is 67.7 Å². The van der Waals surface area contributed by atoms with E-state index >= 15 is 0 Å². The molecule has 1 aliphatic heterocycles. The standard InChI is InChI=1S/C22H26F3N3O3/c1-30-19-17(10-26-20(27-19)31-2)21(29)9-3-4-15-12-28(13-18(15)21)11-14-5-7-16(8-6-14)22(23,24)25/h5-8,10,15,18,29H,3-4,9,11-13H2,1-2H3/t15-,18+,21-/m1/s1. The van der Waals surface area contributed by atoms with E-state index in [1.807, 2.05) is 0 Å². The fraction of sp³-hybridized carbons (Fsp3) is 0.545.